The van der Waals surface area contributed by atoms with E-state index < -0.39 is 17.2 Å². The van der Waals surface area contributed by atoms with Gasteiger partial charge in [-0.2, -0.15) is 4.73 Å². The third-order valence-electron chi connectivity index (χ3n) is 2.31. The van der Waals surface area contributed by atoms with Crippen molar-refractivity contribution in [2.24, 2.45) is 0 Å². The molecule has 7 heteroatoms. The van der Waals surface area contributed by atoms with Crippen LogP contribution >= 0.6 is 11.6 Å². The molecule has 0 aliphatic carbocycles. The molecule has 1 aromatic heterocycles. The summed E-state index contributed by atoms with van der Waals surface area (Å²) in [7, 11) is 0. The Morgan fingerprint density at radius 2 is 2.28 bits per heavy atom. The first kappa shape index (κ1) is 12.4. The molecular formula is C11H9ClN2O4. The van der Waals surface area contributed by atoms with Crippen molar-refractivity contribution in [3.05, 3.63) is 44.5 Å². The summed E-state index contributed by atoms with van der Waals surface area (Å²) in [5, 5.41) is 12.3. The van der Waals surface area contributed by atoms with Crippen LogP contribution in [0.5, 0.6) is 0 Å². The third kappa shape index (κ3) is 2.02. The molecule has 0 unspecified atom stereocenters. The van der Waals surface area contributed by atoms with E-state index in [0.29, 0.717) is 10.5 Å². The van der Waals surface area contributed by atoms with Gasteiger partial charge in [0.25, 0.3) is 0 Å². The Morgan fingerprint density at radius 3 is 2.94 bits per heavy atom. The number of esters is 1. The average molecular weight is 269 g/mol. The lowest BCUT2D eigenvalue weighted by atomic mass is 10.3. The van der Waals surface area contributed by atoms with Crippen molar-refractivity contribution in [3.8, 4) is 0 Å². The number of hydrogen-bond acceptors (Lipinski definition) is 4. The van der Waals surface area contributed by atoms with E-state index in [4.69, 9.17) is 11.6 Å². The maximum Gasteiger partial charge on any atom is 0.411 e. The van der Waals surface area contributed by atoms with Gasteiger partial charge in [-0.3, -0.25) is 4.79 Å². The van der Waals surface area contributed by atoms with Gasteiger partial charge in [-0.05, 0) is 19.1 Å². The molecule has 0 spiro atoms. The summed E-state index contributed by atoms with van der Waals surface area (Å²) in [5.74, 6) is -0.962. The molecule has 0 amide bonds. The number of hydrogen-bond donors (Lipinski definition) is 1. The Labute approximate surface area is 106 Å². The van der Waals surface area contributed by atoms with E-state index in [1.807, 2.05) is 0 Å². The number of carbonyl (C=O) groups excluding carboxylic acids is 1. The van der Waals surface area contributed by atoms with Crippen LogP contribution in [0.15, 0.2) is 23.0 Å². The van der Waals surface area contributed by atoms with Crippen LogP contribution in [0.4, 0.5) is 0 Å². The van der Waals surface area contributed by atoms with Crippen molar-refractivity contribution in [1.82, 2.24) is 4.98 Å². The number of carbonyl (C=O) groups is 1. The predicted molar refractivity (Wildman–Crippen MR) is 64.5 cm³/mol. The van der Waals surface area contributed by atoms with Gasteiger partial charge in [0.1, 0.15) is 5.52 Å². The summed E-state index contributed by atoms with van der Waals surface area (Å²) in [6.07, 6.45) is 0. The van der Waals surface area contributed by atoms with Gasteiger partial charge in [-0.1, -0.05) is 11.6 Å². The van der Waals surface area contributed by atoms with Crippen molar-refractivity contribution in [3.63, 3.8) is 0 Å². The van der Waals surface area contributed by atoms with E-state index in [2.05, 4.69) is 9.72 Å². The number of benzene rings is 1. The first-order valence-electron chi connectivity index (χ1n) is 5.16. The number of ether oxygens (including phenoxy) is 1. The zero-order valence-electron chi connectivity index (χ0n) is 9.40. The molecule has 0 saturated heterocycles. The lowest BCUT2D eigenvalue weighted by Crippen LogP contribution is -2.43. The second kappa shape index (κ2) is 4.66. The van der Waals surface area contributed by atoms with Gasteiger partial charge in [0.2, 0.25) is 5.52 Å². The molecule has 0 aliphatic heterocycles. The fraction of sp³-hybridized carbons (Fsp3) is 0.182. The molecule has 2 rings (SSSR count). The molecule has 0 saturated carbocycles. The molecule has 1 heterocycles. The third-order valence-corrected chi connectivity index (χ3v) is 2.55. The Kier molecular flexibility index (Phi) is 3.20. The van der Waals surface area contributed by atoms with Gasteiger partial charge in [0.05, 0.1) is 6.61 Å². The summed E-state index contributed by atoms with van der Waals surface area (Å²) >= 11 is 5.76. The SMILES string of the molecule is CCOC(=O)c1c(=O)[nH]c2ccc(Cl)cc2[n+]1[O-]. The highest BCUT2D eigenvalue weighted by Gasteiger charge is 2.25. The fourth-order valence-electron chi connectivity index (χ4n) is 1.55. The molecule has 1 aromatic carbocycles. The molecule has 6 nitrogen and oxygen atoms in total. The van der Waals surface area contributed by atoms with E-state index >= 15 is 0 Å². The summed E-state index contributed by atoms with van der Waals surface area (Å²) < 4.78 is 4.89. The van der Waals surface area contributed by atoms with Crippen LogP contribution in [-0.2, 0) is 4.74 Å². The molecular weight excluding hydrogens is 260 g/mol. The summed E-state index contributed by atoms with van der Waals surface area (Å²) in [4.78, 5) is 25.6. The van der Waals surface area contributed by atoms with Gasteiger partial charge in [0.15, 0.2) is 0 Å². The second-order valence-corrected chi connectivity index (χ2v) is 3.92. The van der Waals surface area contributed by atoms with Crippen LogP contribution in [0.1, 0.15) is 17.4 Å². The molecule has 2 aromatic rings. The molecule has 0 fully saturated rings. The molecule has 1 N–H and O–H groups in total. The Morgan fingerprint density at radius 1 is 1.56 bits per heavy atom. The minimum atomic E-state index is -0.962. The highest BCUT2D eigenvalue weighted by molar-refractivity contribution is 6.31. The fourth-order valence-corrected chi connectivity index (χ4v) is 1.71. The number of nitrogens with one attached hydrogen (secondary N) is 1. The van der Waals surface area contributed by atoms with Gasteiger partial charge in [-0.15, -0.1) is 0 Å². The van der Waals surface area contributed by atoms with Crippen LogP contribution in [0.2, 0.25) is 5.02 Å². The summed E-state index contributed by atoms with van der Waals surface area (Å²) in [5.41, 5.74) is -0.998. The lowest BCUT2D eigenvalue weighted by Gasteiger charge is -2.06. The second-order valence-electron chi connectivity index (χ2n) is 3.48. The van der Waals surface area contributed by atoms with Crippen molar-refractivity contribution in [2.45, 2.75) is 6.92 Å². The predicted octanol–water partition coefficient (Wildman–Crippen LogP) is 0.992. The van der Waals surface area contributed by atoms with Crippen LogP contribution in [-0.4, -0.2) is 17.6 Å². The maximum atomic E-state index is 12.0. The normalized spacial score (nSPS) is 10.6. The molecule has 94 valence electrons. The Balaban J connectivity index is 2.75. The number of H-pyrrole nitrogens is 1. The van der Waals surface area contributed by atoms with Gasteiger partial charge in [0, 0.05) is 11.1 Å². The van der Waals surface area contributed by atoms with Crippen molar-refractivity contribution < 1.29 is 14.3 Å². The molecule has 0 radical (unpaired) electrons. The topological polar surface area (TPSA) is 86.1 Å². The smallest absolute Gasteiger partial charge is 0.411 e. The minimum Gasteiger partial charge on any atom is -0.617 e. The molecule has 0 atom stereocenters. The monoisotopic (exact) mass is 268 g/mol. The van der Waals surface area contributed by atoms with Crippen LogP contribution in [0, 0.1) is 5.21 Å². The van der Waals surface area contributed by atoms with Gasteiger partial charge in [-0.25, -0.2) is 4.79 Å². The highest BCUT2D eigenvalue weighted by Crippen LogP contribution is 2.13. The zero-order chi connectivity index (χ0) is 13.3. The van der Waals surface area contributed by atoms with Crippen LogP contribution in [0.3, 0.4) is 0 Å². The minimum absolute atomic E-state index is 0.0753. The first-order chi connectivity index (χ1) is 8.54. The van der Waals surface area contributed by atoms with E-state index in [9.17, 15) is 14.8 Å². The molecule has 0 aliphatic rings. The summed E-state index contributed by atoms with van der Waals surface area (Å²) in [6.45, 7) is 1.66. The molecule has 18 heavy (non-hydrogen) atoms. The van der Waals surface area contributed by atoms with Gasteiger partial charge < -0.3 is 14.9 Å². The number of fused-ring (bicyclic) bond motifs is 1. The van der Waals surface area contributed by atoms with Crippen molar-refractivity contribution in [2.75, 3.05) is 6.61 Å². The average Bonchev–Trinajstić information content (AvgIpc) is 2.31. The van der Waals surface area contributed by atoms with Crippen LogP contribution < -0.4 is 10.3 Å². The van der Waals surface area contributed by atoms with E-state index in [1.165, 1.54) is 18.2 Å². The summed E-state index contributed by atoms with van der Waals surface area (Å²) in [6, 6.07) is 4.38. The number of aromatic amines is 1. The zero-order valence-corrected chi connectivity index (χ0v) is 10.2. The van der Waals surface area contributed by atoms with Crippen molar-refractivity contribution >= 4 is 28.6 Å². The molecule has 0 bridgehead atoms. The largest absolute Gasteiger partial charge is 0.617 e. The van der Waals surface area contributed by atoms with Crippen LogP contribution in [0.25, 0.3) is 11.0 Å². The highest BCUT2D eigenvalue weighted by atomic mass is 35.5. The lowest BCUT2D eigenvalue weighted by molar-refractivity contribution is -0.581. The number of aromatic nitrogens is 2. The maximum absolute atomic E-state index is 12.0. The number of nitrogens with zero attached hydrogens (tertiary/aromatic N) is 1. The van der Waals surface area contributed by atoms with E-state index in [1.54, 1.807) is 6.92 Å². The standard InChI is InChI=1S/C11H9ClN2O4/c1-2-18-11(16)9-10(15)13-7-4-3-6(12)5-8(7)14(9)17/h3-5H,2H2,1H3,(H,13,15). The Hall–Kier alpha value is -2.08. The van der Waals surface area contributed by atoms with Gasteiger partial charge >= 0.3 is 17.2 Å². The van der Waals surface area contributed by atoms with E-state index in [-0.39, 0.29) is 16.9 Å². The number of halogens is 1. The van der Waals surface area contributed by atoms with E-state index in [0.717, 1.165) is 0 Å². The quantitative estimate of drug-likeness (QED) is 0.500. The Bertz CT molecular complexity index is 681. The van der Waals surface area contributed by atoms with Crippen molar-refractivity contribution in [1.29, 1.82) is 0 Å². The number of rotatable bonds is 2. The first-order valence-corrected chi connectivity index (χ1v) is 5.54.